The van der Waals surface area contributed by atoms with Gasteiger partial charge in [0, 0.05) is 6.20 Å². The molecule has 230 valence electrons. The van der Waals surface area contributed by atoms with Crippen LogP contribution in [-0.2, 0) is 0 Å². The van der Waals surface area contributed by atoms with E-state index in [-0.39, 0.29) is 5.96 Å². The number of hydrogen-bond donors (Lipinski definition) is 2. The van der Waals surface area contributed by atoms with E-state index in [1.54, 1.807) is 11.1 Å². The minimum atomic E-state index is 0.172. The van der Waals surface area contributed by atoms with Crippen LogP contribution in [0.15, 0.2) is 157 Å². The molecule has 1 aromatic heterocycles. The standard InChI is InChI=1S/C43H33N5/c44-28-47-43(45)48(39-22-12-13-25-46-39)32-23-24-35-38(26-32)33-20-10-11-21-34(33)41-37(30-16-6-2-7-17-30)27-36(29-14-4-1-5-15-29)40(42(35)41)31-18-8-3-9-19-31/h1-8,10-18,20-28H,9,19H2,(H3,44,45,47). The van der Waals surface area contributed by atoms with E-state index in [0.717, 1.165) is 41.0 Å². The van der Waals surface area contributed by atoms with Gasteiger partial charge in [-0.3, -0.25) is 10.3 Å². The molecule has 1 aliphatic rings. The Morgan fingerprint density at radius 3 is 2.08 bits per heavy atom. The number of allylic oxidation sites excluding steroid dienone is 4. The molecule has 7 aromatic rings. The molecule has 0 saturated carbocycles. The smallest absolute Gasteiger partial charge is 0.207 e. The van der Waals surface area contributed by atoms with Crippen LogP contribution < -0.4 is 10.6 Å². The maximum atomic E-state index is 7.63. The van der Waals surface area contributed by atoms with Crippen molar-refractivity contribution in [2.24, 2.45) is 10.7 Å². The Morgan fingerprint density at radius 1 is 0.708 bits per heavy atom. The monoisotopic (exact) mass is 619 g/mol. The van der Waals surface area contributed by atoms with Crippen LogP contribution in [0.4, 0.5) is 11.5 Å². The summed E-state index contributed by atoms with van der Waals surface area (Å²) in [5.74, 6) is 0.799. The zero-order valence-corrected chi connectivity index (χ0v) is 26.3. The maximum absolute atomic E-state index is 7.63. The third kappa shape index (κ3) is 5.02. The van der Waals surface area contributed by atoms with Crippen molar-refractivity contribution in [3.8, 4) is 22.3 Å². The van der Waals surface area contributed by atoms with Gasteiger partial charge in [-0.15, -0.1) is 0 Å². The van der Waals surface area contributed by atoms with Gasteiger partial charge >= 0.3 is 0 Å². The first-order valence-electron chi connectivity index (χ1n) is 16.2. The van der Waals surface area contributed by atoms with Crippen molar-refractivity contribution < 1.29 is 0 Å². The molecule has 0 radical (unpaired) electrons. The lowest BCUT2D eigenvalue weighted by molar-refractivity contribution is 1.06. The molecule has 5 nitrogen and oxygen atoms in total. The van der Waals surface area contributed by atoms with Crippen molar-refractivity contribution >= 4 is 61.7 Å². The summed E-state index contributed by atoms with van der Waals surface area (Å²) in [6.07, 6.45) is 11.4. The zero-order valence-electron chi connectivity index (χ0n) is 26.3. The summed E-state index contributed by atoms with van der Waals surface area (Å²) < 4.78 is 0. The van der Waals surface area contributed by atoms with Gasteiger partial charge in [-0.1, -0.05) is 115 Å². The lowest BCUT2D eigenvalue weighted by Crippen LogP contribution is -2.34. The topological polar surface area (TPSA) is 78.4 Å². The second kappa shape index (κ2) is 12.5. The third-order valence-electron chi connectivity index (χ3n) is 9.15. The first-order chi connectivity index (χ1) is 23.7. The van der Waals surface area contributed by atoms with Crippen LogP contribution in [0.2, 0.25) is 0 Å². The number of guanidine groups is 1. The van der Waals surface area contributed by atoms with Crippen LogP contribution >= 0.6 is 0 Å². The summed E-state index contributed by atoms with van der Waals surface area (Å²) in [6.45, 7) is 0. The average Bonchev–Trinajstić information content (AvgIpc) is 3.16. The van der Waals surface area contributed by atoms with Gasteiger partial charge in [-0.05, 0) is 109 Å². The van der Waals surface area contributed by atoms with E-state index in [1.807, 2.05) is 18.2 Å². The fourth-order valence-electron chi connectivity index (χ4n) is 7.11. The Hall–Kier alpha value is -6.33. The number of pyridine rings is 1. The molecule has 0 fully saturated rings. The van der Waals surface area contributed by atoms with Gasteiger partial charge in [-0.25, -0.2) is 9.98 Å². The highest BCUT2D eigenvalue weighted by molar-refractivity contribution is 6.32. The van der Waals surface area contributed by atoms with Crippen molar-refractivity contribution in [1.29, 1.82) is 5.41 Å². The molecule has 6 aromatic carbocycles. The maximum Gasteiger partial charge on any atom is 0.207 e. The van der Waals surface area contributed by atoms with Crippen molar-refractivity contribution in [2.75, 3.05) is 4.90 Å². The molecular weight excluding hydrogens is 587 g/mol. The quantitative estimate of drug-likeness (QED) is 0.110. The van der Waals surface area contributed by atoms with E-state index in [1.165, 1.54) is 49.5 Å². The lowest BCUT2D eigenvalue weighted by atomic mass is 9.80. The van der Waals surface area contributed by atoms with E-state index in [9.17, 15) is 0 Å². The van der Waals surface area contributed by atoms with E-state index < -0.39 is 0 Å². The molecular formula is C43H33N5. The van der Waals surface area contributed by atoms with Crippen molar-refractivity contribution in [2.45, 2.75) is 12.8 Å². The predicted octanol–water partition coefficient (Wildman–Crippen LogP) is 10.7. The second-order valence-electron chi connectivity index (χ2n) is 11.9. The van der Waals surface area contributed by atoms with Gasteiger partial charge in [0.25, 0.3) is 0 Å². The summed E-state index contributed by atoms with van der Waals surface area (Å²) in [5.41, 5.74) is 14.7. The number of nitrogens with zero attached hydrogens (tertiary/aromatic N) is 3. The van der Waals surface area contributed by atoms with Crippen LogP contribution in [-0.4, -0.2) is 17.3 Å². The van der Waals surface area contributed by atoms with Gasteiger partial charge in [0.2, 0.25) is 5.96 Å². The van der Waals surface area contributed by atoms with E-state index in [2.05, 4.69) is 137 Å². The number of nitrogens with one attached hydrogen (secondary N) is 1. The van der Waals surface area contributed by atoms with Gasteiger partial charge in [-0.2, -0.15) is 0 Å². The molecule has 0 saturated heterocycles. The summed E-state index contributed by atoms with van der Waals surface area (Å²) in [7, 11) is 0. The van der Waals surface area contributed by atoms with Crippen molar-refractivity contribution in [3.05, 3.63) is 157 Å². The van der Waals surface area contributed by atoms with Crippen LogP contribution in [0.25, 0.3) is 60.1 Å². The molecule has 48 heavy (non-hydrogen) atoms. The molecule has 8 rings (SSSR count). The fourth-order valence-corrected chi connectivity index (χ4v) is 7.11. The molecule has 0 spiro atoms. The molecule has 1 heterocycles. The normalized spacial score (nSPS) is 13.2. The predicted molar refractivity (Wildman–Crippen MR) is 203 cm³/mol. The molecule has 1 aliphatic carbocycles. The largest absolute Gasteiger partial charge is 0.369 e. The fraction of sp³-hybridized carbons (Fsp3) is 0.0465. The van der Waals surface area contributed by atoms with Gasteiger partial charge in [0.1, 0.15) is 12.2 Å². The number of aromatic nitrogens is 1. The summed E-state index contributed by atoms with van der Waals surface area (Å²) >= 11 is 0. The van der Waals surface area contributed by atoms with Gasteiger partial charge in [0.05, 0.1) is 5.69 Å². The van der Waals surface area contributed by atoms with E-state index in [4.69, 9.17) is 11.1 Å². The number of anilines is 2. The van der Waals surface area contributed by atoms with E-state index >= 15 is 0 Å². The van der Waals surface area contributed by atoms with Gasteiger partial charge in [0.15, 0.2) is 0 Å². The summed E-state index contributed by atoms with van der Waals surface area (Å²) in [4.78, 5) is 10.5. The van der Waals surface area contributed by atoms with Crippen molar-refractivity contribution in [3.63, 3.8) is 0 Å². The molecule has 0 amide bonds. The zero-order chi connectivity index (χ0) is 32.5. The number of nitrogens with two attached hydrogens (primary N) is 1. The number of aliphatic imine (C=N–C) groups is 1. The first-order valence-corrected chi connectivity index (χ1v) is 16.2. The molecule has 0 bridgehead atoms. The minimum absolute atomic E-state index is 0.172. The SMILES string of the molecule is N=C/N=C(\N)N(c1ccc2c(c1)c1ccccc1c1c(-c3ccccc3)cc(-c3ccccc3)c(C3=CC=CCC3)c21)c1ccccn1. The Labute approximate surface area is 279 Å². The highest BCUT2D eigenvalue weighted by atomic mass is 15.3. The van der Waals surface area contributed by atoms with Crippen molar-refractivity contribution in [1.82, 2.24) is 4.98 Å². The summed E-state index contributed by atoms with van der Waals surface area (Å²) in [5, 5.41) is 14.7. The van der Waals surface area contributed by atoms with Crippen LogP contribution in [0.3, 0.4) is 0 Å². The molecule has 0 unspecified atom stereocenters. The van der Waals surface area contributed by atoms with Crippen LogP contribution in [0, 0.1) is 5.41 Å². The number of fused-ring (bicyclic) bond motifs is 6. The number of hydrogen-bond acceptors (Lipinski definition) is 2. The highest BCUT2D eigenvalue weighted by Crippen LogP contribution is 2.49. The van der Waals surface area contributed by atoms with Crippen LogP contribution in [0.5, 0.6) is 0 Å². The minimum Gasteiger partial charge on any atom is -0.369 e. The van der Waals surface area contributed by atoms with E-state index in [0.29, 0.717) is 5.82 Å². The average molecular weight is 620 g/mol. The Kier molecular flexibility index (Phi) is 7.55. The second-order valence-corrected chi connectivity index (χ2v) is 11.9. The highest BCUT2D eigenvalue weighted by Gasteiger charge is 2.24. The first kappa shape index (κ1) is 29.1. The Morgan fingerprint density at radius 2 is 1.40 bits per heavy atom. The third-order valence-corrected chi connectivity index (χ3v) is 9.15. The lowest BCUT2D eigenvalue weighted by Gasteiger charge is -2.25. The molecule has 3 N–H and O–H groups in total. The Balaban J connectivity index is 1.57. The number of rotatable bonds is 6. The molecule has 0 aliphatic heterocycles. The molecule has 0 atom stereocenters. The number of benzene rings is 6. The Bertz CT molecular complexity index is 2410. The van der Waals surface area contributed by atoms with Crippen LogP contribution in [0.1, 0.15) is 18.4 Å². The summed E-state index contributed by atoms with van der Waals surface area (Å²) in [6, 6.07) is 44.8. The molecule has 5 heteroatoms. The van der Waals surface area contributed by atoms with Gasteiger partial charge < -0.3 is 5.73 Å².